The molecule has 3 aromatic rings. The number of pyridine rings is 1. The van der Waals surface area contributed by atoms with Crippen LogP contribution in [0.1, 0.15) is 36.8 Å². The molecule has 0 fully saturated rings. The number of halogens is 2. The van der Waals surface area contributed by atoms with Crippen molar-refractivity contribution in [3.8, 4) is 16.9 Å². The van der Waals surface area contributed by atoms with Crippen molar-refractivity contribution in [2.45, 2.75) is 33.4 Å². The van der Waals surface area contributed by atoms with E-state index in [0.29, 0.717) is 18.7 Å². The van der Waals surface area contributed by atoms with Gasteiger partial charge in [0.05, 0.1) is 18.3 Å². The Labute approximate surface area is 196 Å². The molecule has 0 saturated heterocycles. The van der Waals surface area contributed by atoms with Crippen LogP contribution in [0.5, 0.6) is 5.75 Å². The Hall–Kier alpha value is -2.28. The fraction of sp³-hybridized carbons (Fsp3) is 0.391. The summed E-state index contributed by atoms with van der Waals surface area (Å²) in [7, 11) is 5.96. The van der Waals surface area contributed by atoms with Gasteiger partial charge in [-0.2, -0.15) is 0 Å². The predicted molar refractivity (Wildman–Crippen MR) is 130 cm³/mol. The fourth-order valence-electron chi connectivity index (χ4n) is 3.53. The van der Waals surface area contributed by atoms with Gasteiger partial charge in [-0.3, -0.25) is 4.98 Å². The second-order valence-corrected chi connectivity index (χ2v) is 7.61. The molecule has 0 aliphatic rings. The third-order valence-electron chi connectivity index (χ3n) is 4.70. The first kappa shape index (κ1) is 26.8. The molecule has 0 unspecified atom stereocenters. The SMILES string of the molecule is CCOC(=O)c1c(CN(C)C)n(C)c2cc(-c3cccnc3)c(OC(C)C)cc12.Cl.Cl. The first-order valence-electron chi connectivity index (χ1n) is 9.87. The Morgan fingerprint density at radius 2 is 1.94 bits per heavy atom. The maximum Gasteiger partial charge on any atom is 0.340 e. The van der Waals surface area contributed by atoms with Gasteiger partial charge in [0, 0.05) is 53.7 Å². The molecule has 2 heterocycles. The van der Waals surface area contributed by atoms with Gasteiger partial charge < -0.3 is 18.9 Å². The zero-order valence-corrected chi connectivity index (χ0v) is 20.5. The average molecular weight is 468 g/mol. The third kappa shape index (κ3) is 5.70. The number of aromatic nitrogens is 2. The summed E-state index contributed by atoms with van der Waals surface area (Å²) in [4.78, 5) is 19.2. The van der Waals surface area contributed by atoms with Crippen molar-refractivity contribution in [2.75, 3.05) is 20.7 Å². The summed E-state index contributed by atoms with van der Waals surface area (Å²) < 4.78 is 13.6. The highest BCUT2D eigenvalue weighted by atomic mass is 35.5. The lowest BCUT2D eigenvalue weighted by Crippen LogP contribution is -2.17. The number of aryl methyl sites for hydroxylation is 1. The average Bonchev–Trinajstić information content (AvgIpc) is 2.92. The molecule has 0 spiro atoms. The lowest BCUT2D eigenvalue weighted by atomic mass is 10.0. The first-order valence-corrected chi connectivity index (χ1v) is 9.87. The van der Waals surface area contributed by atoms with Crippen LogP contribution in [-0.2, 0) is 18.3 Å². The van der Waals surface area contributed by atoms with Crippen molar-refractivity contribution in [2.24, 2.45) is 7.05 Å². The second-order valence-electron chi connectivity index (χ2n) is 7.61. The summed E-state index contributed by atoms with van der Waals surface area (Å²) in [6.07, 6.45) is 3.57. The van der Waals surface area contributed by atoms with E-state index in [1.54, 1.807) is 6.20 Å². The highest BCUT2D eigenvalue weighted by molar-refractivity contribution is 6.07. The summed E-state index contributed by atoms with van der Waals surface area (Å²) in [6, 6.07) is 7.96. The molecular formula is C23H31Cl2N3O3. The van der Waals surface area contributed by atoms with Gasteiger partial charge in [0.2, 0.25) is 0 Å². The van der Waals surface area contributed by atoms with Crippen LogP contribution >= 0.6 is 24.8 Å². The van der Waals surface area contributed by atoms with Gasteiger partial charge in [-0.05, 0) is 53.1 Å². The zero-order valence-electron chi connectivity index (χ0n) is 18.8. The molecule has 0 saturated carbocycles. The Balaban J connectivity index is 0.00000240. The van der Waals surface area contributed by atoms with E-state index in [2.05, 4.69) is 15.6 Å². The molecule has 1 aromatic carbocycles. The number of fused-ring (bicyclic) bond motifs is 1. The zero-order chi connectivity index (χ0) is 21.1. The Morgan fingerprint density at radius 1 is 1.23 bits per heavy atom. The fourth-order valence-corrected chi connectivity index (χ4v) is 3.53. The van der Waals surface area contributed by atoms with Crippen LogP contribution in [0.25, 0.3) is 22.0 Å². The predicted octanol–water partition coefficient (Wildman–Crippen LogP) is 5.11. The molecule has 0 atom stereocenters. The molecule has 8 heteroatoms. The van der Waals surface area contributed by atoms with Gasteiger partial charge in [0.25, 0.3) is 0 Å². The highest BCUT2D eigenvalue weighted by Crippen LogP contribution is 2.38. The summed E-state index contributed by atoms with van der Waals surface area (Å²) >= 11 is 0. The third-order valence-corrected chi connectivity index (χ3v) is 4.70. The summed E-state index contributed by atoms with van der Waals surface area (Å²) in [6.45, 7) is 6.77. The van der Waals surface area contributed by atoms with E-state index in [4.69, 9.17) is 9.47 Å². The van der Waals surface area contributed by atoms with E-state index in [-0.39, 0.29) is 36.9 Å². The second kappa shape index (κ2) is 11.4. The van der Waals surface area contributed by atoms with Crippen molar-refractivity contribution in [3.05, 3.63) is 47.9 Å². The Morgan fingerprint density at radius 3 is 2.48 bits per heavy atom. The molecule has 0 aliphatic carbocycles. The summed E-state index contributed by atoms with van der Waals surface area (Å²) in [5.41, 5.74) is 4.40. The smallest absolute Gasteiger partial charge is 0.340 e. The van der Waals surface area contributed by atoms with Crippen molar-refractivity contribution in [3.63, 3.8) is 0 Å². The topological polar surface area (TPSA) is 56.6 Å². The lowest BCUT2D eigenvalue weighted by molar-refractivity contribution is 0.0526. The van der Waals surface area contributed by atoms with E-state index < -0.39 is 0 Å². The van der Waals surface area contributed by atoms with Crippen LogP contribution in [-0.4, -0.2) is 47.2 Å². The van der Waals surface area contributed by atoms with Crippen LogP contribution in [0.15, 0.2) is 36.7 Å². The van der Waals surface area contributed by atoms with Crippen LogP contribution in [0.3, 0.4) is 0 Å². The number of carbonyl (C=O) groups excluding carboxylic acids is 1. The molecule has 3 rings (SSSR count). The van der Waals surface area contributed by atoms with Crippen LogP contribution in [0, 0.1) is 0 Å². The minimum Gasteiger partial charge on any atom is -0.490 e. The number of nitrogens with zero attached hydrogens (tertiary/aromatic N) is 3. The minimum absolute atomic E-state index is 0. The molecule has 0 bridgehead atoms. The van der Waals surface area contributed by atoms with Crippen LogP contribution in [0.2, 0.25) is 0 Å². The number of carbonyl (C=O) groups is 1. The molecule has 0 amide bonds. The van der Waals surface area contributed by atoms with Crippen molar-refractivity contribution in [1.82, 2.24) is 14.5 Å². The van der Waals surface area contributed by atoms with E-state index in [1.165, 1.54) is 0 Å². The number of benzene rings is 1. The molecular weight excluding hydrogens is 437 g/mol. The maximum atomic E-state index is 12.9. The largest absolute Gasteiger partial charge is 0.490 e. The van der Waals surface area contributed by atoms with E-state index in [0.717, 1.165) is 33.5 Å². The summed E-state index contributed by atoms with van der Waals surface area (Å²) in [5.74, 6) is 0.424. The quantitative estimate of drug-likeness (QED) is 0.451. The molecule has 0 radical (unpaired) electrons. The molecule has 6 nitrogen and oxygen atoms in total. The monoisotopic (exact) mass is 467 g/mol. The van der Waals surface area contributed by atoms with E-state index in [9.17, 15) is 4.79 Å². The summed E-state index contributed by atoms with van der Waals surface area (Å²) in [5, 5.41) is 0.839. The van der Waals surface area contributed by atoms with Crippen molar-refractivity contribution >= 4 is 41.7 Å². The van der Waals surface area contributed by atoms with Crippen molar-refractivity contribution < 1.29 is 14.3 Å². The first-order chi connectivity index (χ1) is 13.8. The normalized spacial score (nSPS) is 10.7. The van der Waals surface area contributed by atoms with Crippen LogP contribution < -0.4 is 4.74 Å². The van der Waals surface area contributed by atoms with E-state index in [1.807, 2.05) is 71.2 Å². The van der Waals surface area contributed by atoms with Gasteiger partial charge >= 0.3 is 5.97 Å². The van der Waals surface area contributed by atoms with E-state index >= 15 is 0 Å². The molecule has 31 heavy (non-hydrogen) atoms. The van der Waals surface area contributed by atoms with Gasteiger partial charge in [-0.25, -0.2) is 4.79 Å². The highest BCUT2D eigenvalue weighted by Gasteiger charge is 2.25. The Kier molecular flexibility index (Phi) is 9.81. The van der Waals surface area contributed by atoms with Crippen molar-refractivity contribution in [1.29, 1.82) is 0 Å². The molecule has 0 aliphatic heterocycles. The number of hydrogen-bond acceptors (Lipinski definition) is 5. The minimum atomic E-state index is -0.306. The van der Waals surface area contributed by atoms with Gasteiger partial charge in [0.1, 0.15) is 5.75 Å². The standard InChI is InChI=1S/C23H29N3O3.2ClH/c1-7-28-23(27)22-18-12-21(29-15(2)3)17(16-9-8-10-24-13-16)11-19(18)26(6)20(22)14-25(4)5;;/h8-13,15H,7,14H2,1-6H3;2*1H. The van der Waals surface area contributed by atoms with Gasteiger partial charge in [-0.1, -0.05) is 6.07 Å². The maximum absolute atomic E-state index is 12.9. The lowest BCUT2D eigenvalue weighted by Gasteiger charge is -2.15. The van der Waals surface area contributed by atoms with Gasteiger partial charge in [0.15, 0.2) is 0 Å². The van der Waals surface area contributed by atoms with Gasteiger partial charge in [-0.15, -0.1) is 24.8 Å². The molecule has 170 valence electrons. The van der Waals surface area contributed by atoms with Crippen LogP contribution in [0.4, 0.5) is 0 Å². The number of rotatable bonds is 7. The number of hydrogen-bond donors (Lipinski definition) is 0. The molecule has 2 aromatic heterocycles. The Bertz CT molecular complexity index is 1020. The molecule has 0 N–H and O–H groups in total. The number of ether oxygens (including phenoxy) is 2. The number of esters is 1.